The average molecular weight is 241 g/mol. The van der Waals surface area contributed by atoms with Gasteiger partial charge in [0.15, 0.2) is 0 Å². The van der Waals surface area contributed by atoms with Gasteiger partial charge in [0.1, 0.15) is 0 Å². The van der Waals surface area contributed by atoms with Crippen molar-refractivity contribution in [3.63, 3.8) is 0 Å². The van der Waals surface area contributed by atoms with E-state index < -0.39 is 0 Å². The highest BCUT2D eigenvalue weighted by atomic mass is 16.2. The second-order valence-corrected chi connectivity index (χ2v) is 4.78. The number of nitrogens with two attached hydrogens (primary N) is 1. The van der Waals surface area contributed by atoms with Gasteiger partial charge in [0.05, 0.1) is 0 Å². The number of hydrogen-bond donors (Lipinski definition) is 2. The molecule has 1 fully saturated rings. The zero-order valence-electron chi connectivity index (χ0n) is 10.7. The summed E-state index contributed by atoms with van der Waals surface area (Å²) >= 11 is 0. The summed E-state index contributed by atoms with van der Waals surface area (Å²) in [5.74, 6) is 0.0748. The number of nitrogens with zero attached hydrogens (tertiary/aromatic N) is 1. The summed E-state index contributed by atoms with van der Waals surface area (Å²) in [4.78, 5) is 24.6. The van der Waals surface area contributed by atoms with Crippen molar-refractivity contribution in [3.8, 4) is 0 Å². The molecule has 3 N–H and O–H groups in total. The molecule has 2 atom stereocenters. The van der Waals surface area contributed by atoms with Crippen molar-refractivity contribution in [2.24, 2.45) is 5.73 Å². The largest absolute Gasteiger partial charge is 0.352 e. The molecule has 0 spiro atoms. The Labute approximate surface area is 103 Å². The predicted molar refractivity (Wildman–Crippen MR) is 66.3 cm³/mol. The van der Waals surface area contributed by atoms with E-state index in [2.05, 4.69) is 12.2 Å². The number of carbonyl (C=O) groups excluding carboxylic acids is 2. The van der Waals surface area contributed by atoms with E-state index in [0.29, 0.717) is 13.0 Å². The Morgan fingerprint density at radius 1 is 1.53 bits per heavy atom. The van der Waals surface area contributed by atoms with E-state index in [9.17, 15) is 9.59 Å². The van der Waals surface area contributed by atoms with Crippen LogP contribution >= 0.6 is 0 Å². The van der Waals surface area contributed by atoms with Gasteiger partial charge in [-0.3, -0.25) is 9.59 Å². The normalized spacial score (nSPS) is 21.4. The van der Waals surface area contributed by atoms with Crippen molar-refractivity contribution in [2.45, 2.75) is 51.6 Å². The minimum Gasteiger partial charge on any atom is -0.352 e. The van der Waals surface area contributed by atoms with E-state index in [-0.39, 0.29) is 23.9 Å². The maximum Gasteiger partial charge on any atom is 0.224 e. The maximum atomic E-state index is 11.9. The molecule has 0 aromatic heterocycles. The third kappa shape index (κ3) is 4.73. The summed E-state index contributed by atoms with van der Waals surface area (Å²) in [6, 6.07) is 0.0752. The lowest BCUT2D eigenvalue weighted by Gasteiger charge is -2.19. The van der Waals surface area contributed by atoms with Crippen LogP contribution in [0.4, 0.5) is 0 Å². The second kappa shape index (κ2) is 6.59. The molecule has 2 unspecified atom stereocenters. The molecule has 5 nitrogen and oxygen atoms in total. The van der Waals surface area contributed by atoms with Gasteiger partial charge in [-0.15, -0.1) is 0 Å². The molecule has 98 valence electrons. The standard InChI is InChI=1S/C12H23N3O2/c1-3-4-10(13)7-12(17)15-6-5-11(8-15)14-9(2)16/h10-11H,3-8,13H2,1-2H3,(H,14,16). The Hall–Kier alpha value is -1.10. The van der Waals surface area contributed by atoms with Gasteiger partial charge in [0.25, 0.3) is 0 Å². The van der Waals surface area contributed by atoms with Gasteiger partial charge >= 0.3 is 0 Å². The van der Waals surface area contributed by atoms with Crippen LogP contribution in [0.5, 0.6) is 0 Å². The fourth-order valence-electron chi connectivity index (χ4n) is 2.22. The monoisotopic (exact) mass is 241 g/mol. The van der Waals surface area contributed by atoms with Crippen LogP contribution in [0.3, 0.4) is 0 Å². The molecule has 0 aromatic carbocycles. The first-order valence-corrected chi connectivity index (χ1v) is 6.33. The molecule has 1 rings (SSSR count). The third-order valence-corrected chi connectivity index (χ3v) is 3.04. The fourth-order valence-corrected chi connectivity index (χ4v) is 2.22. The lowest BCUT2D eigenvalue weighted by atomic mass is 10.1. The number of rotatable bonds is 5. The van der Waals surface area contributed by atoms with E-state index in [1.165, 1.54) is 6.92 Å². The molecule has 0 radical (unpaired) electrons. The molecule has 2 amide bonds. The van der Waals surface area contributed by atoms with Gasteiger partial charge in [0.2, 0.25) is 11.8 Å². The molecule has 0 saturated carbocycles. The van der Waals surface area contributed by atoms with Gasteiger partial charge < -0.3 is 16.0 Å². The zero-order chi connectivity index (χ0) is 12.8. The van der Waals surface area contributed by atoms with Crippen molar-refractivity contribution in [1.82, 2.24) is 10.2 Å². The molecule has 1 aliphatic heterocycles. The minimum atomic E-state index is -0.0352. The molecule has 1 saturated heterocycles. The smallest absolute Gasteiger partial charge is 0.224 e. The molecule has 0 aliphatic carbocycles. The number of likely N-dealkylation sites (tertiary alicyclic amines) is 1. The van der Waals surface area contributed by atoms with Gasteiger partial charge in [0, 0.05) is 38.5 Å². The number of hydrogen-bond acceptors (Lipinski definition) is 3. The van der Waals surface area contributed by atoms with Crippen molar-refractivity contribution < 1.29 is 9.59 Å². The summed E-state index contributed by atoms with van der Waals surface area (Å²) in [5.41, 5.74) is 5.85. The van der Waals surface area contributed by atoms with Gasteiger partial charge in [-0.1, -0.05) is 13.3 Å². The van der Waals surface area contributed by atoms with E-state index in [1.807, 2.05) is 0 Å². The lowest BCUT2D eigenvalue weighted by molar-refractivity contribution is -0.130. The Bertz CT molecular complexity index is 281. The molecular formula is C12H23N3O2. The van der Waals surface area contributed by atoms with E-state index in [0.717, 1.165) is 25.8 Å². The van der Waals surface area contributed by atoms with Crippen LogP contribution in [-0.2, 0) is 9.59 Å². The highest BCUT2D eigenvalue weighted by molar-refractivity contribution is 5.77. The van der Waals surface area contributed by atoms with Crippen LogP contribution < -0.4 is 11.1 Å². The first-order valence-electron chi connectivity index (χ1n) is 6.33. The van der Waals surface area contributed by atoms with Crippen molar-refractivity contribution in [1.29, 1.82) is 0 Å². The minimum absolute atomic E-state index is 0.0349. The SMILES string of the molecule is CCCC(N)CC(=O)N1CCC(NC(C)=O)C1. The molecule has 1 heterocycles. The number of amides is 2. The van der Waals surface area contributed by atoms with E-state index >= 15 is 0 Å². The summed E-state index contributed by atoms with van der Waals surface area (Å²) in [6.45, 7) is 4.91. The van der Waals surface area contributed by atoms with E-state index in [1.54, 1.807) is 4.90 Å². The molecule has 0 bridgehead atoms. The Morgan fingerprint density at radius 3 is 2.82 bits per heavy atom. The third-order valence-electron chi connectivity index (χ3n) is 3.04. The van der Waals surface area contributed by atoms with Crippen LogP contribution in [0.2, 0.25) is 0 Å². The van der Waals surface area contributed by atoms with Gasteiger partial charge in [-0.05, 0) is 12.8 Å². The first-order chi connectivity index (χ1) is 8.02. The lowest BCUT2D eigenvalue weighted by Crippen LogP contribution is -2.39. The van der Waals surface area contributed by atoms with Gasteiger partial charge in [-0.2, -0.15) is 0 Å². The summed E-state index contributed by atoms with van der Waals surface area (Å²) < 4.78 is 0. The van der Waals surface area contributed by atoms with Crippen LogP contribution in [0, 0.1) is 0 Å². The molecule has 5 heteroatoms. The second-order valence-electron chi connectivity index (χ2n) is 4.78. The molecule has 17 heavy (non-hydrogen) atoms. The maximum absolute atomic E-state index is 11.9. The van der Waals surface area contributed by atoms with Crippen LogP contribution in [0.15, 0.2) is 0 Å². The quantitative estimate of drug-likeness (QED) is 0.724. The Kier molecular flexibility index (Phi) is 5.41. The molecule has 1 aliphatic rings. The summed E-state index contributed by atoms with van der Waals surface area (Å²) in [6.07, 6.45) is 3.15. The van der Waals surface area contributed by atoms with Crippen molar-refractivity contribution >= 4 is 11.8 Å². The fraction of sp³-hybridized carbons (Fsp3) is 0.833. The first kappa shape index (κ1) is 14.0. The average Bonchev–Trinajstić information content (AvgIpc) is 2.65. The zero-order valence-corrected chi connectivity index (χ0v) is 10.7. The Morgan fingerprint density at radius 2 is 2.24 bits per heavy atom. The van der Waals surface area contributed by atoms with Gasteiger partial charge in [-0.25, -0.2) is 0 Å². The highest BCUT2D eigenvalue weighted by Crippen LogP contribution is 2.12. The summed E-state index contributed by atoms with van der Waals surface area (Å²) in [7, 11) is 0. The molecular weight excluding hydrogens is 218 g/mol. The van der Waals surface area contributed by atoms with Crippen molar-refractivity contribution in [2.75, 3.05) is 13.1 Å². The van der Waals surface area contributed by atoms with Crippen molar-refractivity contribution in [3.05, 3.63) is 0 Å². The van der Waals surface area contributed by atoms with Crippen LogP contribution in [-0.4, -0.2) is 41.9 Å². The van der Waals surface area contributed by atoms with Crippen LogP contribution in [0.25, 0.3) is 0 Å². The predicted octanol–water partition coefficient (Wildman–Crippen LogP) is 0.241. The summed E-state index contributed by atoms with van der Waals surface area (Å²) in [5, 5.41) is 2.84. The number of nitrogens with one attached hydrogen (secondary N) is 1. The van der Waals surface area contributed by atoms with Crippen LogP contribution in [0.1, 0.15) is 39.5 Å². The topological polar surface area (TPSA) is 75.4 Å². The number of carbonyl (C=O) groups is 2. The Balaban J connectivity index is 2.32. The van der Waals surface area contributed by atoms with E-state index in [4.69, 9.17) is 5.73 Å². The molecule has 0 aromatic rings. The highest BCUT2D eigenvalue weighted by Gasteiger charge is 2.27.